The summed E-state index contributed by atoms with van der Waals surface area (Å²) in [6.45, 7) is 6.91. The van der Waals surface area contributed by atoms with Crippen LogP contribution in [0, 0.1) is 0 Å². The largest absolute Gasteiger partial charge is 0.490 e. The molecule has 0 aliphatic carbocycles. The molecule has 2 aromatic rings. The standard InChI is InChI=1S/C25H31BrN2O4/c1-3-13-28(14-4-2)25(30)18-7-10-20(11-8-18)27-24(29)19-9-12-23(22(26)16-19)32-17-21-6-5-15-31-21/h7-12,16,21H,3-6,13-15,17H2,1-2H3,(H,27,29). The normalized spacial score (nSPS) is 15.4. The molecule has 0 bridgehead atoms. The van der Waals surface area contributed by atoms with Gasteiger partial charge in [-0.2, -0.15) is 0 Å². The van der Waals surface area contributed by atoms with Gasteiger partial charge >= 0.3 is 0 Å². The molecule has 0 aromatic heterocycles. The maximum atomic E-state index is 12.7. The van der Waals surface area contributed by atoms with Crippen molar-refractivity contribution in [3.8, 4) is 5.75 Å². The Kier molecular flexibility index (Phi) is 9.11. The number of carbonyl (C=O) groups excluding carboxylic acids is 2. The van der Waals surface area contributed by atoms with Gasteiger partial charge in [-0.15, -0.1) is 0 Å². The van der Waals surface area contributed by atoms with Crippen LogP contribution in [0.25, 0.3) is 0 Å². The highest BCUT2D eigenvalue weighted by Crippen LogP contribution is 2.27. The van der Waals surface area contributed by atoms with Gasteiger partial charge in [0.05, 0.1) is 10.6 Å². The van der Waals surface area contributed by atoms with Gasteiger partial charge < -0.3 is 19.7 Å². The Bertz CT molecular complexity index is 905. The van der Waals surface area contributed by atoms with Gasteiger partial charge in [-0.25, -0.2) is 0 Å². The molecule has 1 aliphatic rings. The molecule has 0 radical (unpaired) electrons. The molecule has 2 amide bonds. The number of ether oxygens (including phenoxy) is 2. The summed E-state index contributed by atoms with van der Waals surface area (Å²) < 4.78 is 12.1. The Labute approximate surface area is 198 Å². The van der Waals surface area contributed by atoms with Crippen molar-refractivity contribution in [2.45, 2.75) is 45.6 Å². The lowest BCUT2D eigenvalue weighted by atomic mass is 10.1. The van der Waals surface area contributed by atoms with Crippen LogP contribution < -0.4 is 10.1 Å². The third-order valence-electron chi connectivity index (χ3n) is 5.31. The van der Waals surface area contributed by atoms with Crippen molar-refractivity contribution in [1.29, 1.82) is 0 Å². The topological polar surface area (TPSA) is 67.9 Å². The van der Waals surface area contributed by atoms with Gasteiger partial charge in [0.15, 0.2) is 0 Å². The van der Waals surface area contributed by atoms with Crippen LogP contribution in [-0.2, 0) is 4.74 Å². The van der Waals surface area contributed by atoms with Crippen LogP contribution in [0.1, 0.15) is 60.2 Å². The molecule has 32 heavy (non-hydrogen) atoms. The Morgan fingerprint density at radius 2 is 1.78 bits per heavy atom. The van der Waals surface area contributed by atoms with E-state index in [9.17, 15) is 9.59 Å². The summed E-state index contributed by atoms with van der Waals surface area (Å²) in [7, 11) is 0. The fourth-order valence-electron chi connectivity index (χ4n) is 3.65. The van der Waals surface area contributed by atoms with Crippen LogP contribution in [0.3, 0.4) is 0 Å². The minimum Gasteiger partial charge on any atom is -0.490 e. The highest BCUT2D eigenvalue weighted by molar-refractivity contribution is 9.10. The first-order valence-corrected chi connectivity index (χ1v) is 12.1. The lowest BCUT2D eigenvalue weighted by Crippen LogP contribution is -2.32. The second kappa shape index (κ2) is 12.0. The van der Waals surface area contributed by atoms with E-state index in [1.807, 2.05) is 4.90 Å². The van der Waals surface area contributed by atoms with Crippen molar-refractivity contribution in [3.05, 3.63) is 58.1 Å². The van der Waals surface area contributed by atoms with E-state index in [-0.39, 0.29) is 17.9 Å². The Morgan fingerprint density at radius 3 is 2.38 bits per heavy atom. The zero-order valence-electron chi connectivity index (χ0n) is 18.7. The lowest BCUT2D eigenvalue weighted by molar-refractivity contribution is 0.0677. The van der Waals surface area contributed by atoms with E-state index in [2.05, 4.69) is 35.1 Å². The molecule has 1 aliphatic heterocycles. The van der Waals surface area contributed by atoms with Crippen LogP contribution in [0.5, 0.6) is 5.75 Å². The third kappa shape index (κ3) is 6.56. The number of anilines is 1. The number of amides is 2. The highest BCUT2D eigenvalue weighted by Gasteiger charge is 2.18. The number of benzene rings is 2. The van der Waals surface area contributed by atoms with Gasteiger partial charge in [-0.3, -0.25) is 9.59 Å². The van der Waals surface area contributed by atoms with Gasteiger partial charge in [-0.05, 0) is 84.1 Å². The van der Waals surface area contributed by atoms with E-state index >= 15 is 0 Å². The molecule has 1 atom stereocenters. The van der Waals surface area contributed by atoms with Gasteiger partial charge in [0.25, 0.3) is 11.8 Å². The highest BCUT2D eigenvalue weighted by atomic mass is 79.9. The van der Waals surface area contributed by atoms with Crippen molar-refractivity contribution >= 4 is 33.4 Å². The summed E-state index contributed by atoms with van der Waals surface area (Å²) in [6, 6.07) is 12.3. The number of hydrogen-bond acceptors (Lipinski definition) is 4. The van der Waals surface area contributed by atoms with E-state index in [0.29, 0.717) is 29.2 Å². The molecule has 0 spiro atoms. The molecule has 6 nitrogen and oxygen atoms in total. The monoisotopic (exact) mass is 502 g/mol. The van der Waals surface area contributed by atoms with E-state index in [1.165, 1.54) is 0 Å². The van der Waals surface area contributed by atoms with Crippen LogP contribution >= 0.6 is 15.9 Å². The summed E-state index contributed by atoms with van der Waals surface area (Å²) in [5.74, 6) is 0.478. The number of rotatable bonds is 10. The zero-order valence-corrected chi connectivity index (χ0v) is 20.3. The maximum Gasteiger partial charge on any atom is 0.255 e. The number of nitrogens with one attached hydrogen (secondary N) is 1. The smallest absolute Gasteiger partial charge is 0.255 e. The molecule has 1 saturated heterocycles. The lowest BCUT2D eigenvalue weighted by Gasteiger charge is -2.21. The fraction of sp³-hybridized carbons (Fsp3) is 0.440. The minimum atomic E-state index is -0.228. The van der Waals surface area contributed by atoms with Crippen LogP contribution in [-0.4, -0.2) is 49.1 Å². The number of halogens is 1. The molecule has 172 valence electrons. The Morgan fingerprint density at radius 1 is 1.09 bits per heavy atom. The van der Waals surface area contributed by atoms with E-state index in [1.54, 1.807) is 42.5 Å². The first-order chi connectivity index (χ1) is 15.5. The van der Waals surface area contributed by atoms with Crippen molar-refractivity contribution in [1.82, 2.24) is 4.90 Å². The second-order valence-electron chi connectivity index (χ2n) is 7.91. The molecule has 3 rings (SSSR count). The maximum absolute atomic E-state index is 12.7. The first-order valence-electron chi connectivity index (χ1n) is 11.3. The van der Waals surface area contributed by atoms with Crippen LogP contribution in [0.15, 0.2) is 46.9 Å². The summed E-state index contributed by atoms with van der Waals surface area (Å²) >= 11 is 3.49. The van der Waals surface area contributed by atoms with Gasteiger partial charge in [0, 0.05) is 36.5 Å². The second-order valence-corrected chi connectivity index (χ2v) is 8.77. The molecule has 1 unspecified atom stereocenters. The predicted molar refractivity (Wildman–Crippen MR) is 129 cm³/mol. The predicted octanol–water partition coefficient (Wildman–Crippen LogP) is 5.52. The van der Waals surface area contributed by atoms with E-state index < -0.39 is 0 Å². The average molecular weight is 503 g/mol. The van der Waals surface area contributed by atoms with Crippen molar-refractivity contribution in [3.63, 3.8) is 0 Å². The minimum absolute atomic E-state index is 0.0223. The van der Waals surface area contributed by atoms with Gasteiger partial charge in [0.1, 0.15) is 12.4 Å². The average Bonchev–Trinajstić information content (AvgIpc) is 3.32. The van der Waals surface area contributed by atoms with E-state index in [4.69, 9.17) is 9.47 Å². The summed E-state index contributed by atoms with van der Waals surface area (Å²) in [5, 5.41) is 2.88. The van der Waals surface area contributed by atoms with Crippen molar-refractivity contribution in [2.24, 2.45) is 0 Å². The Hall–Kier alpha value is -2.38. The summed E-state index contributed by atoms with van der Waals surface area (Å²) in [6.07, 6.45) is 4.06. The molecule has 1 N–H and O–H groups in total. The molecule has 2 aromatic carbocycles. The van der Waals surface area contributed by atoms with Gasteiger partial charge in [0.2, 0.25) is 0 Å². The quantitative estimate of drug-likeness (QED) is 0.464. The van der Waals surface area contributed by atoms with E-state index in [0.717, 1.165) is 49.9 Å². The number of carbonyl (C=O) groups is 2. The zero-order chi connectivity index (χ0) is 22.9. The fourth-order valence-corrected chi connectivity index (χ4v) is 4.15. The van der Waals surface area contributed by atoms with Crippen molar-refractivity contribution in [2.75, 3.05) is 31.6 Å². The van der Waals surface area contributed by atoms with Gasteiger partial charge in [-0.1, -0.05) is 13.8 Å². The summed E-state index contributed by atoms with van der Waals surface area (Å²) in [4.78, 5) is 27.2. The van der Waals surface area contributed by atoms with Crippen molar-refractivity contribution < 1.29 is 19.1 Å². The molecular weight excluding hydrogens is 472 g/mol. The van der Waals surface area contributed by atoms with Crippen LogP contribution in [0.4, 0.5) is 5.69 Å². The third-order valence-corrected chi connectivity index (χ3v) is 5.93. The molecule has 0 saturated carbocycles. The molecule has 1 heterocycles. The first kappa shape index (κ1) is 24.3. The number of hydrogen-bond donors (Lipinski definition) is 1. The number of nitrogens with zero attached hydrogens (tertiary/aromatic N) is 1. The summed E-state index contributed by atoms with van der Waals surface area (Å²) in [5.41, 5.74) is 1.78. The SMILES string of the molecule is CCCN(CCC)C(=O)c1ccc(NC(=O)c2ccc(OCC3CCCO3)c(Br)c2)cc1. The molecule has 1 fully saturated rings. The Balaban J connectivity index is 1.59. The molecule has 7 heteroatoms. The molecular formula is C25H31BrN2O4. The van der Waals surface area contributed by atoms with Crippen LogP contribution in [0.2, 0.25) is 0 Å².